The Kier molecular flexibility index (Phi) is 10.8. The zero-order valence-corrected chi connectivity index (χ0v) is 10.5. The number of halogens is 4. The van der Waals surface area contributed by atoms with E-state index in [0.717, 1.165) is 13.2 Å². The second kappa shape index (κ2) is 10.0. The molecule has 0 spiro atoms. The van der Waals surface area contributed by atoms with Crippen molar-refractivity contribution in [2.75, 3.05) is 13.2 Å². The molecule has 0 N–H and O–H groups in total. The fourth-order valence-electron chi connectivity index (χ4n) is 0.808. The Bertz CT molecular complexity index is 213. The van der Waals surface area contributed by atoms with E-state index < -0.39 is 7.25 Å². The Hall–Kier alpha value is -1.14. The molecule has 0 bridgehead atoms. The van der Waals surface area contributed by atoms with Gasteiger partial charge in [-0.15, -0.1) is 0 Å². The standard InChI is InChI=1S/C7H12N2.C3H8.BF4/c1-3-8-5-6-9(4-2)7-8;1-3-2;2-1(3,4)5/h3,5-6H,1,4,7H2,2H3;3H2,1-2H3;/q;;-1. The molecule has 0 aromatic heterocycles. The SMILES string of the molecule is C=CN1C=CN(CC)C1.CCC.F[B-](F)(F)F. The molecule has 7 heteroatoms. The number of nitrogens with zero attached hydrogens (tertiary/aromatic N) is 2. The largest absolute Gasteiger partial charge is 0.673 e. The maximum absolute atomic E-state index is 9.75. The molecule has 2 nitrogen and oxygen atoms in total. The maximum atomic E-state index is 9.75. The first-order valence-corrected chi connectivity index (χ1v) is 5.46. The van der Waals surface area contributed by atoms with Crippen LogP contribution in [0.5, 0.6) is 0 Å². The summed E-state index contributed by atoms with van der Waals surface area (Å²) < 4.78 is 39.0. The Morgan fingerprint density at radius 1 is 1.18 bits per heavy atom. The number of rotatable bonds is 2. The van der Waals surface area contributed by atoms with Crippen molar-refractivity contribution in [3.8, 4) is 0 Å². The number of hydrogen-bond donors (Lipinski definition) is 0. The van der Waals surface area contributed by atoms with Gasteiger partial charge < -0.3 is 27.1 Å². The van der Waals surface area contributed by atoms with Crippen molar-refractivity contribution in [3.63, 3.8) is 0 Å². The van der Waals surface area contributed by atoms with Gasteiger partial charge in [0, 0.05) is 18.9 Å². The second-order valence-electron chi connectivity index (χ2n) is 3.24. The van der Waals surface area contributed by atoms with Gasteiger partial charge in [0.25, 0.3) is 0 Å². The highest BCUT2D eigenvalue weighted by Gasteiger charge is 2.20. The molecule has 0 unspecified atom stereocenters. The van der Waals surface area contributed by atoms with Gasteiger partial charge in [0.15, 0.2) is 0 Å². The van der Waals surface area contributed by atoms with Crippen LogP contribution in [-0.2, 0) is 0 Å². The molecule has 0 aromatic carbocycles. The average molecular weight is 255 g/mol. The van der Waals surface area contributed by atoms with Crippen molar-refractivity contribution < 1.29 is 17.3 Å². The molecule has 0 amide bonds. The summed E-state index contributed by atoms with van der Waals surface area (Å²) in [6, 6.07) is 0. The van der Waals surface area contributed by atoms with Crippen molar-refractivity contribution in [3.05, 3.63) is 25.2 Å². The minimum atomic E-state index is -6.00. The predicted octanol–water partition coefficient (Wildman–Crippen LogP) is 3.91. The molecule has 1 rings (SSSR count). The lowest BCUT2D eigenvalue weighted by Gasteiger charge is -2.15. The highest BCUT2D eigenvalue weighted by atomic mass is 19.5. The molecule has 0 aliphatic carbocycles. The third kappa shape index (κ3) is 17.5. The summed E-state index contributed by atoms with van der Waals surface area (Å²) >= 11 is 0. The van der Waals surface area contributed by atoms with E-state index in [4.69, 9.17) is 0 Å². The van der Waals surface area contributed by atoms with Gasteiger partial charge >= 0.3 is 7.25 Å². The van der Waals surface area contributed by atoms with Gasteiger partial charge in [-0.2, -0.15) is 0 Å². The highest BCUT2D eigenvalue weighted by molar-refractivity contribution is 6.50. The van der Waals surface area contributed by atoms with Crippen molar-refractivity contribution in [2.45, 2.75) is 27.2 Å². The van der Waals surface area contributed by atoms with E-state index in [0.29, 0.717) is 0 Å². The Labute approximate surface area is 101 Å². The van der Waals surface area contributed by atoms with Crippen molar-refractivity contribution >= 4 is 7.25 Å². The lowest BCUT2D eigenvalue weighted by molar-refractivity contribution is 0.328. The monoisotopic (exact) mass is 255 g/mol. The van der Waals surface area contributed by atoms with E-state index in [-0.39, 0.29) is 0 Å². The number of hydrogen-bond acceptors (Lipinski definition) is 2. The van der Waals surface area contributed by atoms with Crippen LogP contribution < -0.4 is 0 Å². The molecular weight excluding hydrogens is 235 g/mol. The van der Waals surface area contributed by atoms with Crippen molar-refractivity contribution in [2.24, 2.45) is 0 Å². The van der Waals surface area contributed by atoms with Gasteiger partial charge in [0.05, 0.1) is 6.67 Å². The molecule has 17 heavy (non-hydrogen) atoms. The zero-order chi connectivity index (χ0) is 13.9. The first-order chi connectivity index (χ1) is 7.78. The smallest absolute Gasteiger partial charge is 0.418 e. The van der Waals surface area contributed by atoms with E-state index in [1.807, 2.05) is 17.3 Å². The van der Waals surface area contributed by atoms with E-state index >= 15 is 0 Å². The van der Waals surface area contributed by atoms with Gasteiger partial charge in [0.1, 0.15) is 0 Å². The highest BCUT2D eigenvalue weighted by Crippen LogP contribution is 2.06. The van der Waals surface area contributed by atoms with Crippen LogP contribution in [0.3, 0.4) is 0 Å². The molecule has 1 heterocycles. The molecule has 1 aliphatic heterocycles. The molecule has 102 valence electrons. The fourth-order valence-corrected chi connectivity index (χ4v) is 0.808. The van der Waals surface area contributed by atoms with E-state index in [1.54, 1.807) is 0 Å². The molecule has 0 radical (unpaired) electrons. The summed E-state index contributed by atoms with van der Waals surface area (Å²) in [5.41, 5.74) is 0. The average Bonchev–Trinajstić information content (AvgIpc) is 2.63. The molecule has 1 aliphatic rings. The maximum Gasteiger partial charge on any atom is 0.673 e. The molecule has 0 saturated carbocycles. The lowest BCUT2D eigenvalue weighted by atomic mass is 10.3. The van der Waals surface area contributed by atoms with Crippen LogP contribution in [0.25, 0.3) is 0 Å². The molecule has 0 saturated heterocycles. The lowest BCUT2D eigenvalue weighted by Crippen LogP contribution is -2.20. The summed E-state index contributed by atoms with van der Waals surface area (Å²) in [7, 11) is -6.00. The van der Waals surface area contributed by atoms with Crippen LogP contribution in [0, 0.1) is 0 Å². The Morgan fingerprint density at radius 2 is 1.59 bits per heavy atom. The van der Waals surface area contributed by atoms with E-state index in [1.165, 1.54) is 6.42 Å². The summed E-state index contributed by atoms with van der Waals surface area (Å²) in [6.07, 6.45) is 7.17. The van der Waals surface area contributed by atoms with Crippen molar-refractivity contribution in [1.29, 1.82) is 0 Å². The van der Waals surface area contributed by atoms with Gasteiger partial charge in [-0.1, -0.05) is 26.8 Å². The van der Waals surface area contributed by atoms with E-state index in [2.05, 4.69) is 38.5 Å². The predicted molar refractivity (Wildman–Crippen MR) is 64.6 cm³/mol. The van der Waals surface area contributed by atoms with Crippen LogP contribution in [0.4, 0.5) is 17.3 Å². The third-order valence-corrected chi connectivity index (χ3v) is 1.45. The summed E-state index contributed by atoms with van der Waals surface area (Å²) in [5, 5.41) is 0. The van der Waals surface area contributed by atoms with Crippen molar-refractivity contribution in [1.82, 2.24) is 9.80 Å². The van der Waals surface area contributed by atoms with Gasteiger partial charge in [-0.25, -0.2) is 0 Å². The Balaban J connectivity index is 0. The zero-order valence-electron chi connectivity index (χ0n) is 10.5. The van der Waals surface area contributed by atoms with E-state index in [9.17, 15) is 17.3 Å². The quantitative estimate of drug-likeness (QED) is 0.545. The van der Waals surface area contributed by atoms with Crippen LogP contribution in [0.1, 0.15) is 27.2 Å². The molecule has 0 atom stereocenters. The fraction of sp³-hybridized carbons (Fsp3) is 0.600. The first-order valence-electron chi connectivity index (χ1n) is 5.46. The molecule has 0 fully saturated rings. The van der Waals surface area contributed by atoms with Gasteiger partial charge in [0.2, 0.25) is 0 Å². The minimum Gasteiger partial charge on any atom is -0.418 e. The summed E-state index contributed by atoms with van der Waals surface area (Å²) in [4.78, 5) is 4.26. The van der Waals surface area contributed by atoms with Crippen LogP contribution in [-0.4, -0.2) is 30.3 Å². The molecular formula is C10H20BF4N2-. The Morgan fingerprint density at radius 3 is 1.76 bits per heavy atom. The van der Waals surface area contributed by atoms with Crippen LogP contribution in [0.15, 0.2) is 25.2 Å². The second-order valence-corrected chi connectivity index (χ2v) is 3.24. The third-order valence-electron chi connectivity index (χ3n) is 1.45. The topological polar surface area (TPSA) is 6.48 Å². The summed E-state index contributed by atoms with van der Waals surface area (Å²) in [6.45, 7) is 12.1. The van der Waals surface area contributed by atoms with Crippen LogP contribution in [0.2, 0.25) is 0 Å². The van der Waals surface area contributed by atoms with Gasteiger partial charge in [-0.05, 0) is 13.1 Å². The summed E-state index contributed by atoms with van der Waals surface area (Å²) in [5.74, 6) is 0. The first kappa shape index (κ1) is 18.2. The normalized spacial score (nSPS) is 13.6. The minimum absolute atomic E-state index is 0.958. The molecule has 0 aromatic rings. The van der Waals surface area contributed by atoms with Crippen LogP contribution >= 0.6 is 0 Å². The van der Waals surface area contributed by atoms with Gasteiger partial charge in [-0.3, -0.25) is 0 Å².